The summed E-state index contributed by atoms with van der Waals surface area (Å²) in [5.74, 6) is 0. The van der Waals surface area contributed by atoms with Crippen LogP contribution in [0, 0.1) is 13.8 Å². The minimum atomic E-state index is 0.855. The Morgan fingerprint density at radius 3 is 2.58 bits per heavy atom. The molecule has 0 saturated carbocycles. The van der Waals surface area contributed by atoms with Crippen molar-refractivity contribution in [3.63, 3.8) is 0 Å². The number of hydrogen-bond acceptors (Lipinski definition) is 2. The molecule has 0 spiro atoms. The first-order valence-electron chi connectivity index (χ1n) is 6.96. The zero-order chi connectivity index (χ0) is 13.7. The Labute approximate surface area is 115 Å². The first-order chi connectivity index (χ1) is 9.17. The third-order valence-electron chi connectivity index (χ3n) is 3.07. The van der Waals surface area contributed by atoms with E-state index >= 15 is 0 Å². The highest BCUT2D eigenvalue weighted by atomic mass is 15.0. The van der Waals surface area contributed by atoms with Crippen LogP contribution in [0.5, 0.6) is 0 Å². The summed E-state index contributed by atoms with van der Waals surface area (Å²) in [5, 5.41) is 3.37. The Balaban J connectivity index is 1.99. The van der Waals surface area contributed by atoms with Crippen molar-refractivity contribution >= 4 is 0 Å². The van der Waals surface area contributed by atoms with Gasteiger partial charge < -0.3 is 9.88 Å². The van der Waals surface area contributed by atoms with E-state index in [2.05, 4.69) is 60.0 Å². The largest absolute Gasteiger partial charge is 0.333 e. The molecule has 1 aromatic heterocycles. The van der Waals surface area contributed by atoms with Gasteiger partial charge in [0.05, 0.1) is 12.0 Å². The van der Waals surface area contributed by atoms with Crippen molar-refractivity contribution in [3.05, 3.63) is 53.1 Å². The van der Waals surface area contributed by atoms with Gasteiger partial charge in [-0.25, -0.2) is 4.98 Å². The van der Waals surface area contributed by atoms with E-state index in [1.807, 2.05) is 6.33 Å². The highest BCUT2D eigenvalue weighted by Crippen LogP contribution is 2.10. The molecule has 2 aromatic rings. The van der Waals surface area contributed by atoms with Gasteiger partial charge >= 0.3 is 0 Å². The second-order valence-electron chi connectivity index (χ2n) is 5.21. The Hall–Kier alpha value is -1.61. The van der Waals surface area contributed by atoms with Crippen LogP contribution in [0.1, 0.15) is 35.7 Å². The second-order valence-corrected chi connectivity index (χ2v) is 5.21. The van der Waals surface area contributed by atoms with Crippen molar-refractivity contribution in [2.75, 3.05) is 6.54 Å². The zero-order valence-corrected chi connectivity index (χ0v) is 12.1. The zero-order valence-electron chi connectivity index (χ0n) is 12.1. The number of rotatable bonds is 6. The summed E-state index contributed by atoms with van der Waals surface area (Å²) in [7, 11) is 0. The molecule has 0 unspecified atom stereocenters. The van der Waals surface area contributed by atoms with Crippen molar-refractivity contribution in [2.45, 2.75) is 40.3 Å². The van der Waals surface area contributed by atoms with E-state index in [0.717, 1.165) is 31.7 Å². The molecule has 0 bridgehead atoms. The molecular weight excluding hydrogens is 234 g/mol. The fraction of sp³-hybridized carbons (Fsp3) is 0.438. The molecule has 1 heterocycles. The molecule has 0 saturated heterocycles. The molecular formula is C16H23N3. The van der Waals surface area contributed by atoms with Gasteiger partial charge in [-0.1, -0.05) is 36.2 Å². The summed E-state index contributed by atoms with van der Waals surface area (Å²) in [6.07, 6.45) is 5.20. The number of hydrogen-bond donors (Lipinski definition) is 1. The molecule has 0 aliphatic rings. The molecule has 2 rings (SSSR count). The first kappa shape index (κ1) is 13.8. The van der Waals surface area contributed by atoms with Gasteiger partial charge in [-0.2, -0.15) is 0 Å². The third kappa shape index (κ3) is 4.21. The van der Waals surface area contributed by atoms with Gasteiger partial charge in [0.25, 0.3) is 0 Å². The monoisotopic (exact) mass is 257 g/mol. The van der Waals surface area contributed by atoms with Crippen molar-refractivity contribution in [1.82, 2.24) is 14.9 Å². The summed E-state index contributed by atoms with van der Waals surface area (Å²) < 4.78 is 2.15. The highest BCUT2D eigenvalue weighted by Gasteiger charge is 2.01. The fourth-order valence-corrected chi connectivity index (χ4v) is 2.35. The standard InChI is InChI=1S/C16H23N3/c1-4-5-17-9-16-11-19(12-18-16)10-15-7-13(2)6-14(3)8-15/h6-8,11-12,17H,4-5,9-10H2,1-3H3. The molecule has 3 heteroatoms. The van der Waals surface area contributed by atoms with E-state index in [9.17, 15) is 0 Å². The average molecular weight is 257 g/mol. The van der Waals surface area contributed by atoms with Gasteiger partial charge in [-0.15, -0.1) is 0 Å². The van der Waals surface area contributed by atoms with Crippen LogP contribution in [0.4, 0.5) is 0 Å². The van der Waals surface area contributed by atoms with Crippen molar-refractivity contribution in [3.8, 4) is 0 Å². The van der Waals surface area contributed by atoms with Crippen LogP contribution in [0.15, 0.2) is 30.7 Å². The average Bonchev–Trinajstić information content (AvgIpc) is 2.76. The summed E-state index contributed by atoms with van der Waals surface area (Å²) in [4.78, 5) is 4.43. The number of nitrogens with zero attached hydrogens (tertiary/aromatic N) is 2. The topological polar surface area (TPSA) is 29.9 Å². The third-order valence-corrected chi connectivity index (χ3v) is 3.07. The molecule has 3 nitrogen and oxygen atoms in total. The van der Waals surface area contributed by atoms with Gasteiger partial charge in [0.15, 0.2) is 0 Å². The molecule has 1 aromatic carbocycles. The lowest BCUT2D eigenvalue weighted by atomic mass is 10.1. The van der Waals surface area contributed by atoms with Crippen LogP contribution in [0.3, 0.4) is 0 Å². The van der Waals surface area contributed by atoms with E-state index in [1.165, 1.54) is 16.7 Å². The van der Waals surface area contributed by atoms with E-state index in [-0.39, 0.29) is 0 Å². The van der Waals surface area contributed by atoms with Gasteiger partial charge in [0.1, 0.15) is 0 Å². The Morgan fingerprint density at radius 2 is 1.89 bits per heavy atom. The van der Waals surface area contributed by atoms with E-state index in [4.69, 9.17) is 0 Å². The number of aromatic nitrogens is 2. The van der Waals surface area contributed by atoms with Crippen molar-refractivity contribution < 1.29 is 0 Å². The molecule has 19 heavy (non-hydrogen) atoms. The van der Waals surface area contributed by atoms with Crippen molar-refractivity contribution in [1.29, 1.82) is 0 Å². The molecule has 102 valence electrons. The van der Waals surface area contributed by atoms with Crippen LogP contribution in [-0.2, 0) is 13.1 Å². The lowest BCUT2D eigenvalue weighted by Gasteiger charge is -2.05. The smallest absolute Gasteiger partial charge is 0.0953 e. The maximum Gasteiger partial charge on any atom is 0.0953 e. The lowest BCUT2D eigenvalue weighted by Crippen LogP contribution is -2.13. The molecule has 0 aliphatic carbocycles. The highest BCUT2D eigenvalue weighted by molar-refractivity contribution is 5.28. The quantitative estimate of drug-likeness (QED) is 0.806. The van der Waals surface area contributed by atoms with E-state index in [0.29, 0.717) is 0 Å². The normalized spacial score (nSPS) is 10.9. The maximum atomic E-state index is 4.43. The van der Waals surface area contributed by atoms with Gasteiger partial charge in [-0.3, -0.25) is 0 Å². The Morgan fingerprint density at radius 1 is 1.16 bits per heavy atom. The number of imidazole rings is 1. The number of benzene rings is 1. The molecule has 0 atom stereocenters. The molecule has 0 radical (unpaired) electrons. The van der Waals surface area contributed by atoms with Crippen LogP contribution >= 0.6 is 0 Å². The molecule has 0 fully saturated rings. The van der Waals surface area contributed by atoms with Gasteiger partial charge in [-0.05, 0) is 32.4 Å². The molecule has 0 amide bonds. The summed E-state index contributed by atoms with van der Waals surface area (Å²) in [6.45, 7) is 9.25. The van der Waals surface area contributed by atoms with Crippen LogP contribution in [0.25, 0.3) is 0 Å². The second kappa shape index (κ2) is 6.53. The minimum Gasteiger partial charge on any atom is -0.333 e. The predicted octanol–water partition coefficient (Wildman–Crippen LogP) is 3.05. The van der Waals surface area contributed by atoms with E-state index in [1.54, 1.807) is 0 Å². The Bertz CT molecular complexity index is 508. The minimum absolute atomic E-state index is 0.855. The van der Waals surface area contributed by atoms with Gasteiger partial charge in [0.2, 0.25) is 0 Å². The lowest BCUT2D eigenvalue weighted by molar-refractivity contribution is 0.665. The first-order valence-corrected chi connectivity index (χ1v) is 6.96. The Kier molecular flexibility index (Phi) is 4.74. The van der Waals surface area contributed by atoms with Gasteiger partial charge in [0, 0.05) is 19.3 Å². The molecule has 1 N–H and O–H groups in total. The predicted molar refractivity (Wildman–Crippen MR) is 79.2 cm³/mol. The molecule has 0 aliphatic heterocycles. The van der Waals surface area contributed by atoms with Crippen molar-refractivity contribution in [2.24, 2.45) is 0 Å². The number of aryl methyl sites for hydroxylation is 2. The SMILES string of the molecule is CCCNCc1cn(Cc2cc(C)cc(C)c2)cn1. The summed E-state index contributed by atoms with van der Waals surface area (Å²) >= 11 is 0. The number of nitrogens with one attached hydrogen (secondary N) is 1. The summed E-state index contributed by atoms with van der Waals surface area (Å²) in [6, 6.07) is 6.68. The van der Waals surface area contributed by atoms with Crippen LogP contribution in [0.2, 0.25) is 0 Å². The van der Waals surface area contributed by atoms with Crippen LogP contribution in [-0.4, -0.2) is 16.1 Å². The maximum absolute atomic E-state index is 4.43. The summed E-state index contributed by atoms with van der Waals surface area (Å²) in [5.41, 5.74) is 5.08. The fourth-order valence-electron chi connectivity index (χ4n) is 2.35. The van der Waals surface area contributed by atoms with Crippen LogP contribution < -0.4 is 5.32 Å². The van der Waals surface area contributed by atoms with E-state index < -0.39 is 0 Å².